The monoisotopic (exact) mass is 278 g/mol. The highest BCUT2D eigenvalue weighted by atomic mass is 19.4. The SMILES string of the molecule is CC1CNCCN1C(=O)C1CCCCC1C(F)(F)F. The standard InChI is InChI=1S/C13H21F3N2O/c1-9-8-17-6-7-18(9)12(19)10-4-2-3-5-11(10)13(14,15)16/h9-11,17H,2-8H2,1H3. The Balaban J connectivity index is 2.11. The molecule has 3 nitrogen and oxygen atoms in total. The molecule has 0 aromatic rings. The molecule has 110 valence electrons. The van der Waals surface area contributed by atoms with E-state index >= 15 is 0 Å². The van der Waals surface area contributed by atoms with Crippen LogP contribution in [-0.2, 0) is 4.79 Å². The summed E-state index contributed by atoms with van der Waals surface area (Å²) in [4.78, 5) is 14.0. The van der Waals surface area contributed by atoms with E-state index in [2.05, 4.69) is 5.32 Å². The highest BCUT2D eigenvalue weighted by Gasteiger charge is 2.49. The van der Waals surface area contributed by atoms with Gasteiger partial charge in [-0.15, -0.1) is 0 Å². The molecule has 1 aliphatic heterocycles. The minimum atomic E-state index is -4.25. The molecule has 1 saturated carbocycles. The van der Waals surface area contributed by atoms with E-state index in [0.717, 1.165) is 6.42 Å². The van der Waals surface area contributed by atoms with Crippen molar-refractivity contribution < 1.29 is 18.0 Å². The molecule has 3 unspecified atom stereocenters. The van der Waals surface area contributed by atoms with Crippen molar-refractivity contribution >= 4 is 5.91 Å². The molecule has 1 amide bonds. The number of halogens is 3. The smallest absolute Gasteiger partial charge is 0.337 e. The van der Waals surface area contributed by atoms with Gasteiger partial charge in [0.05, 0.1) is 5.92 Å². The molecule has 6 heteroatoms. The third-order valence-corrected chi connectivity index (χ3v) is 4.29. The lowest BCUT2D eigenvalue weighted by atomic mass is 9.77. The van der Waals surface area contributed by atoms with Gasteiger partial charge in [-0.05, 0) is 19.8 Å². The first-order valence-electron chi connectivity index (χ1n) is 6.99. The van der Waals surface area contributed by atoms with E-state index < -0.39 is 18.0 Å². The molecule has 0 aromatic heterocycles. The van der Waals surface area contributed by atoms with Crippen molar-refractivity contribution in [2.24, 2.45) is 11.8 Å². The number of nitrogens with zero attached hydrogens (tertiary/aromatic N) is 1. The average Bonchev–Trinajstić information content (AvgIpc) is 2.37. The molecule has 2 rings (SSSR count). The van der Waals surface area contributed by atoms with Gasteiger partial charge < -0.3 is 10.2 Å². The summed E-state index contributed by atoms with van der Waals surface area (Å²) in [5.41, 5.74) is 0. The molecule has 0 radical (unpaired) electrons. The van der Waals surface area contributed by atoms with E-state index in [1.54, 1.807) is 4.90 Å². The quantitative estimate of drug-likeness (QED) is 0.797. The Labute approximate surface area is 111 Å². The Kier molecular flexibility index (Phi) is 4.38. The van der Waals surface area contributed by atoms with Gasteiger partial charge in [-0.1, -0.05) is 12.8 Å². The van der Waals surface area contributed by atoms with Gasteiger partial charge in [-0.2, -0.15) is 13.2 Å². The number of carbonyl (C=O) groups excluding carboxylic acids is 1. The molecule has 0 spiro atoms. The second kappa shape index (κ2) is 5.69. The Morgan fingerprint density at radius 1 is 1.26 bits per heavy atom. The van der Waals surface area contributed by atoms with Crippen LogP contribution in [0.2, 0.25) is 0 Å². The van der Waals surface area contributed by atoms with Crippen molar-refractivity contribution in [3.63, 3.8) is 0 Å². The lowest BCUT2D eigenvalue weighted by molar-refractivity contribution is -0.201. The van der Waals surface area contributed by atoms with Gasteiger partial charge >= 0.3 is 6.18 Å². The first kappa shape index (κ1) is 14.6. The predicted molar refractivity (Wildman–Crippen MR) is 65.5 cm³/mol. The van der Waals surface area contributed by atoms with E-state index in [-0.39, 0.29) is 18.4 Å². The van der Waals surface area contributed by atoms with Crippen LogP contribution in [0.15, 0.2) is 0 Å². The molecule has 1 aliphatic carbocycles. The van der Waals surface area contributed by atoms with Crippen LogP contribution < -0.4 is 5.32 Å². The van der Waals surface area contributed by atoms with Crippen LogP contribution in [0.4, 0.5) is 13.2 Å². The summed E-state index contributed by atoms with van der Waals surface area (Å²) < 4.78 is 39.1. The Morgan fingerprint density at radius 3 is 2.58 bits per heavy atom. The second-order valence-corrected chi connectivity index (χ2v) is 5.62. The Morgan fingerprint density at radius 2 is 1.95 bits per heavy atom. The maximum atomic E-state index is 13.0. The summed E-state index contributed by atoms with van der Waals surface area (Å²) >= 11 is 0. The van der Waals surface area contributed by atoms with Crippen molar-refractivity contribution in [2.75, 3.05) is 19.6 Å². The number of alkyl halides is 3. The van der Waals surface area contributed by atoms with Gasteiger partial charge in [0.15, 0.2) is 0 Å². The number of nitrogens with one attached hydrogen (secondary N) is 1. The Bertz CT molecular complexity index is 332. The summed E-state index contributed by atoms with van der Waals surface area (Å²) in [6, 6.07) is -0.0166. The second-order valence-electron chi connectivity index (χ2n) is 5.62. The zero-order valence-electron chi connectivity index (χ0n) is 11.2. The van der Waals surface area contributed by atoms with Crippen LogP contribution >= 0.6 is 0 Å². The molecule has 19 heavy (non-hydrogen) atoms. The molecule has 2 fully saturated rings. The number of rotatable bonds is 1. The summed E-state index contributed by atoms with van der Waals surface area (Å²) in [6.07, 6.45) is -2.48. The van der Waals surface area contributed by atoms with E-state index in [4.69, 9.17) is 0 Å². The zero-order valence-corrected chi connectivity index (χ0v) is 11.2. The molecule has 1 saturated heterocycles. The summed E-state index contributed by atoms with van der Waals surface area (Å²) in [5, 5.41) is 3.15. The first-order valence-corrected chi connectivity index (χ1v) is 6.99. The predicted octanol–water partition coefficient (Wildman–Crippen LogP) is 2.18. The normalized spacial score (nSPS) is 33.3. The summed E-state index contributed by atoms with van der Waals surface area (Å²) in [7, 11) is 0. The lowest BCUT2D eigenvalue weighted by Gasteiger charge is -2.40. The third kappa shape index (κ3) is 3.22. The number of hydrogen-bond acceptors (Lipinski definition) is 2. The van der Waals surface area contributed by atoms with Crippen LogP contribution in [0.5, 0.6) is 0 Å². The van der Waals surface area contributed by atoms with Crippen molar-refractivity contribution in [2.45, 2.75) is 44.8 Å². The molecular weight excluding hydrogens is 257 g/mol. The van der Waals surface area contributed by atoms with Crippen molar-refractivity contribution in [1.82, 2.24) is 10.2 Å². The minimum absolute atomic E-state index is 0.0166. The number of piperazine rings is 1. The van der Waals surface area contributed by atoms with Crippen molar-refractivity contribution in [3.05, 3.63) is 0 Å². The minimum Gasteiger partial charge on any atom is -0.337 e. The lowest BCUT2D eigenvalue weighted by Crippen LogP contribution is -2.55. The van der Waals surface area contributed by atoms with E-state index in [1.165, 1.54) is 0 Å². The number of amides is 1. The molecule has 1 N–H and O–H groups in total. The Hall–Kier alpha value is -0.780. The van der Waals surface area contributed by atoms with Crippen molar-refractivity contribution in [1.29, 1.82) is 0 Å². The molecule has 0 aromatic carbocycles. The fraction of sp³-hybridized carbons (Fsp3) is 0.923. The molecule has 3 atom stereocenters. The molecule has 2 aliphatic rings. The maximum absolute atomic E-state index is 13.0. The maximum Gasteiger partial charge on any atom is 0.392 e. The zero-order chi connectivity index (χ0) is 14.0. The van der Waals surface area contributed by atoms with Crippen LogP contribution in [0.25, 0.3) is 0 Å². The number of carbonyl (C=O) groups is 1. The first-order chi connectivity index (χ1) is 8.91. The van der Waals surface area contributed by atoms with E-state index in [9.17, 15) is 18.0 Å². The van der Waals surface area contributed by atoms with Crippen LogP contribution in [0.1, 0.15) is 32.6 Å². The molecule has 0 bridgehead atoms. The van der Waals surface area contributed by atoms with Crippen LogP contribution in [0, 0.1) is 11.8 Å². The van der Waals surface area contributed by atoms with E-state index in [1.807, 2.05) is 6.92 Å². The highest BCUT2D eigenvalue weighted by molar-refractivity contribution is 5.79. The van der Waals surface area contributed by atoms with Gasteiger partial charge in [-0.3, -0.25) is 4.79 Å². The number of hydrogen-bond donors (Lipinski definition) is 1. The van der Waals surface area contributed by atoms with Gasteiger partial charge in [0.2, 0.25) is 5.91 Å². The third-order valence-electron chi connectivity index (χ3n) is 4.29. The highest BCUT2D eigenvalue weighted by Crippen LogP contribution is 2.42. The van der Waals surface area contributed by atoms with Gasteiger partial charge in [0, 0.05) is 31.6 Å². The fourth-order valence-electron chi connectivity index (χ4n) is 3.20. The fourth-order valence-corrected chi connectivity index (χ4v) is 3.20. The topological polar surface area (TPSA) is 32.3 Å². The molecule has 1 heterocycles. The van der Waals surface area contributed by atoms with Gasteiger partial charge in [0.1, 0.15) is 0 Å². The summed E-state index contributed by atoms with van der Waals surface area (Å²) in [6.45, 7) is 3.73. The van der Waals surface area contributed by atoms with Gasteiger partial charge in [-0.25, -0.2) is 0 Å². The van der Waals surface area contributed by atoms with Crippen LogP contribution in [0.3, 0.4) is 0 Å². The van der Waals surface area contributed by atoms with Crippen molar-refractivity contribution in [3.8, 4) is 0 Å². The van der Waals surface area contributed by atoms with Crippen LogP contribution in [-0.4, -0.2) is 42.7 Å². The van der Waals surface area contributed by atoms with E-state index in [0.29, 0.717) is 32.5 Å². The summed E-state index contributed by atoms with van der Waals surface area (Å²) in [5.74, 6) is -2.61. The molecular formula is C13H21F3N2O. The largest absolute Gasteiger partial charge is 0.392 e. The van der Waals surface area contributed by atoms with Gasteiger partial charge in [0.25, 0.3) is 0 Å². The average molecular weight is 278 g/mol.